The van der Waals surface area contributed by atoms with Gasteiger partial charge in [-0.3, -0.25) is 0 Å². The fraction of sp³-hybridized carbons (Fsp3) is 0.240. The van der Waals surface area contributed by atoms with Gasteiger partial charge < -0.3 is 0 Å². The van der Waals surface area contributed by atoms with Crippen LogP contribution in [-0.4, -0.2) is 4.98 Å². The van der Waals surface area contributed by atoms with E-state index < -0.39 is 0 Å². The van der Waals surface area contributed by atoms with Gasteiger partial charge in [0, 0.05) is 0 Å². The average molecular weight is 464 g/mol. The largest absolute Gasteiger partial charge is 0.147 e. The number of halogens is 2. The Kier molecular flexibility index (Phi) is 8.15. The van der Waals surface area contributed by atoms with Crippen molar-refractivity contribution in [3.05, 3.63) is 107 Å². The van der Waals surface area contributed by atoms with Crippen LogP contribution < -0.4 is 0 Å². The van der Waals surface area contributed by atoms with Crippen molar-refractivity contribution in [2.24, 2.45) is 5.41 Å². The maximum Gasteiger partial charge on any atom is -0.147 e. The van der Waals surface area contributed by atoms with E-state index in [2.05, 4.69) is 97.7 Å². The number of pyridine rings is 1. The number of aromatic nitrogens is 1. The molecule has 1 aromatic heterocycles. The molecular weight excluding hydrogens is 437 g/mol. The number of hydrogen-bond donors (Lipinski definition) is 0. The summed E-state index contributed by atoms with van der Waals surface area (Å²) in [5, 5.41) is 1.14. The molecule has 1 heterocycles. The minimum absolute atomic E-state index is 0. The summed E-state index contributed by atoms with van der Waals surface area (Å²) in [6, 6.07) is 26.1. The van der Waals surface area contributed by atoms with Crippen molar-refractivity contribution < 1.29 is 15.2 Å². The first-order valence-electron chi connectivity index (χ1n) is 9.47. The quantitative estimate of drug-likeness (QED) is 0.396. The number of fused-ring (bicyclic) bond motifs is 1. The topological polar surface area (TPSA) is 12.9 Å². The first-order chi connectivity index (χ1) is 13.1. The first kappa shape index (κ1) is 23.7. The summed E-state index contributed by atoms with van der Waals surface area (Å²) in [5.74, 6) is 0. The van der Waals surface area contributed by atoms with Gasteiger partial charge in [-0.15, -0.1) is 24.8 Å². The summed E-state index contributed by atoms with van der Waals surface area (Å²) >= 11 is 0.399. The predicted octanol–water partition coefficient (Wildman–Crippen LogP) is 6.70. The van der Waals surface area contributed by atoms with Gasteiger partial charge in [-0.1, -0.05) is 0 Å². The molecule has 4 rings (SSSR count). The Bertz CT molecular complexity index is 941. The van der Waals surface area contributed by atoms with Crippen molar-refractivity contribution in [3.63, 3.8) is 0 Å². The summed E-state index contributed by atoms with van der Waals surface area (Å²) in [5.41, 5.74) is 5.56. The maximum atomic E-state index is 4.62. The maximum absolute atomic E-state index is 4.62. The van der Waals surface area contributed by atoms with Gasteiger partial charge in [0.2, 0.25) is 0 Å². The van der Waals surface area contributed by atoms with Crippen LogP contribution in [0.25, 0.3) is 6.08 Å². The average Bonchev–Trinajstić information content (AvgIpc) is 3.08. The normalized spacial score (nSPS) is 17.2. The molecule has 0 spiro atoms. The molecule has 1 aliphatic carbocycles. The smallest absolute Gasteiger partial charge is 0.147 e. The minimum Gasteiger partial charge on any atom is -0.147 e. The second-order valence-electron chi connectivity index (χ2n) is 7.81. The third-order valence-corrected chi connectivity index (χ3v) is 8.40. The van der Waals surface area contributed by atoms with E-state index in [9.17, 15) is 0 Å². The van der Waals surface area contributed by atoms with Gasteiger partial charge in [-0.2, -0.15) is 0 Å². The van der Waals surface area contributed by atoms with E-state index >= 15 is 0 Å². The Morgan fingerprint density at radius 3 is 2.28 bits per heavy atom. The van der Waals surface area contributed by atoms with E-state index in [4.69, 9.17) is 0 Å². The molecule has 0 fully saturated rings. The number of nitrogens with zero attached hydrogens (tertiary/aromatic N) is 1. The van der Waals surface area contributed by atoms with Crippen molar-refractivity contribution in [3.8, 4) is 0 Å². The second-order valence-corrected chi connectivity index (χ2v) is 9.72. The third kappa shape index (κ3) is 4.79. The zero-order chi connectivity index (χ0) is 18.7. The van der Waals surface area contributed by atoms with Crippen LogP contribution >= 0.6 is 24.8 Å². The zero-order valence-electron chi connectivity index (χ0n) is 16.7. The minimum atomic E-state index is 0. The standard InChI is InChI=1S/C18H18N.C7H7.2ClH.Cr/c1-18(2,13-15-8-5-6-12-19-15)17-11-10-14-7-3-4-9-16(14)17;1-7-5-3-2-4-6-7;;;/h3-12H,13H2,1-2H3;2-6H,1H2;2*1H;. The van der Waals surface area contributed by atoms with Gasteiger partial charge in [-0.05, 0) is 0 Å². The van der Waals surface area contributed by atoms with Gasteiger partial charge >= 0.3 is 169 Å². The van der Waals surface area contributed by atoms with Gasteiger partial charge in [0.15, 0.2) is 0 Å². The molecule has 1 aliphatic rings. The molecule has 0 saturated heterocycles. The second kappa shape index (κ2) is 9.97. The molecule has 1 unspecified atom stereocenters. The Hall–Kier alpha value is -1.56. The zero-order valence-corrected chi connectivity index (χ0v) is 19.7. The summed E-state index contributed by atoms with van der Waals surface area (Å²) in [7, 11) is 0. The van der Waals surface area contributed by atoms with Gasteiger partial charge in [0.25, 0.3) is 0 Å². The first-order valence-corrected chi connectivity index (χ1v) is 11.0. The molecule has 0 bridgehead atoms. The molecule has 0 amide bonds. The number of benzene rings is 2. The van der Waals surface area contributed by atoms with Crippen LogP contribution in [0.1, 0.15) is 36.2 Å². The van der Waals surface area contributed by atoms with E-state index in [1.165, 1.54) is 22.4 Å². The Morgan fingerprint density at radius 2 is 1.55 bits per heavy atom. The molecule has 3 aromatic rings. The van der Waals surface area contributed by atoms with Crippen LogP contribution in [0.4, 0.5) is 0 Å². The van der Waals surface area contributed by atoms with Crippen molar-refractivity contribution in [1.29, 1.82) is 0 Å². The SMILES string of the molecule is CC(C)(Cc1ccccn1)[C]1([Cr][CH2]c2ccccc2)C=Cc2ccccc21.Cl.Cl. The molecule has 152 valence electrons. The van der Waals surface area contributed by atoms with E-state index in [1.54, 1.807) is 0 Å². The molecule has 1 nitrogen and oxygen atoms in total. The van der Waals surface area contributed by atoms with Crippen LogP contribution in [0.5, 0.6) is 0 Å². The summed E-state index contributed by atoms with van der Waals surface area (Å²) in [6.07, 6.45) is 7.71. The molecule has 0 N–H and O–H groups in total. The monoisotopic (exact) mass is 463 g/mol. The van der Waals surface area contributed by atoms with Crippen LogP contribution in [0.15, 0.2) is 85.1 Å². The van der Waals surface area contributed by atoms with Gasteiger partial charge in [-0.25, -0.2) is 0 Å². The van der Waals surface area contributed by atoms with Gasteiger partial charge in [0.1, 0.15) is 0 Å². The van der Waals surface area contributed by atoms with Crippen molar-refractivity contribution >= 4 is 30.9 Å². The Balaban J connectivity index is 0.00000150. The molecular formula is C25H27Cl2CrN. The molecule has 4 heteroatoms. The summed E-state index contributed by atoms with van der Waals surface area (Å²) in [4.78, 5) is 4.62. The number of rotatable bonds is 6. The van der Waals surface area contributed by atoms with Crippen LogP contribution in [-0.2, 0) is 31.2 Å². The number of hydrogen-bond acceptors (Lipinski definition) is 1. The molecule has 0 aliphatic heterocycles. The summed E-state index contributed by atoms with van der Waals surface area (Å²) < 4.78 is 0.0734. The van der Waals surface area contributed by atoms with E-state index in [0.717, 1.165) is 11.7 Å². The van der Waals surface area contributed by atoms with Crippen LogP contribution in [0.2, 0.25) is 0 Å². The molecule has 0 radical (unpaired) electrons. The Labute approximate surface area is 193 Å². The van der Waals surface area contributed by atoms with Crippen molar-refractivity contribution in [2.45, 2.75) is 29.8 Å². The summed E-state index contributed by atoms with van der Waals surface area (Å²) in [6.45, 7) is 4.84. The number of allylic oxidation sites excluding steroid dienone is 1. The third-order valence-electron chi connectivity index (χ3n) is 5.52. The van der Waals surface area contributed by atoms with E-state index in [1.807, 2.05) is 12.3 Å². The van der Waals surface area contributed by atoms with E-state index in [0.29, 0.717) is 15.2 Å². The molecule has 2 aromatic carbocycles. The molecule has 0 saturated carbocycles. The Morgan fingerprint density at radius 1 is 0.862 bits per heavy atom. The van der Waals surface area contributed by atoms with Crippen LogP contribution in [0.3, 0.4) is 0 Å². The van der Waals surface area contributed by atoms with Crippen molar-refractivity contribution in [1.82, 2.24) is 4.98 Å². The van der Waals surface area contributed by atoms with Crippen LogP contribution in [0, 0.1) is 5.41 Å². The van der Waals surface area contributed by atoms with Gasteiger partial charge in [0.05, 0.1) is 0 Å². The molecule has 29 heavy (non-hydrogen) atoms. The fourth-order valence-corrected chi connectivity index (χ4v) is 6.48. The molecule has 1 atom stereocenters. The van der Waals surface area contributed by atoms with E-state index in [-0.39, 0.29) is 34.5 Å². The fourth-order valence-electron chi connectivity index (χ4n) is 4.05. The van der Waals surface area contributed by atoms with Crippen molar-refractivity contribution in [2.75, 3.05) is 0 Å². The predicted molar refractivity (Wildman–Crippen MR) is 124 cm³/mol.